The van der Waals surface area contributed by atoms with Gasteiger partial charge in [-0.3, -0.25) is 0 Å². The van der Waals surface area contributed by atoms with E-state index in [4.69, 9.17) is 9.15 Å². The van der Waals surface area contributed by atoms with Crippen molar-refractivity contribution in [2.75, 3.05) is 13.7 Å². The SMILES string of the molecule is CCCc1c(CNC)oc2c(OCC)cccc12. The molecular formula is C15H21NO2. The van der Waals surface area contributed by atoms with E-state index in [0.29, 0.717) is 6.61 Å². The summed E-state index contributed by atoms with van der Waals surface area (Å²) in [6, 6.07) is 6.12. The number of para-hydroxylation sites is 1. The predicted octanol–water partition coefficient (Wildman–Crippen LogP) is 3.50. The van der Waals surface area contributed by atoms with Crippen molar-refractivity contribution in [1.29, 1.82) is 0 Å². The van der Waals surface area contributed by atoms with Gasteiger partial charge in [-0.2, -0.15) is 0 Å². The van der Waals surface area contributed by atoms with Crippen LogP contribution in [0, 0.1) is 0 Å². The molecular weight excluding hydrogens is 226 g/mol. The second kappa shape index (κ2) is 5.91. The number of fused-ring (bicyclic) bond motifs is 1. The third kappa shape index (κ3) is 2.36. The van der Waals surface area contributed by atoms with Crippen LogP contribution in [0.2, 0.25) is 0 Å². The van der Waals surface area contributed by atoms with Gasteiger partial charge >= 0.3 is 0 Å². The van der Waals surface area contributed by atoms with Gasteiger partial charge in [-0.05, 0) is 26.5 Å². The van der Waals surface area contributed by atoms with Crippen molar-refractivity contribution in [3.63, 3.8) is 0 Å². The lowest BCUT2D eigenvalue weighted by molar-refractivity contribution is 0.337. The van der Waals surface area contributed by atoms with E-state index in [9.17, 15) is 0 Å². The number of benzene rings is 1. The second-order valence-electron chi connectivity index (χ2n) is 4.35. The van der Waals surface area contributed by atoms with Gasteiger partial charge in [0, 0.05) is 10.9 Å². The molecule has 0 fully saturated rings. The first-order valence-corrected chi connectivity index (χ1v) is 6.62. The molecule has 2 aromatic rings. The highest BCUT2D eigenvalue weighted by Crippen LogP contribution is 2.33. The van der Waals surface area contributed by atoms with Crippen molar-refractivity contribution in [3.05, 3.63) is 29.5 Å². The van der Waals surface area contributed by atoms with E-state index in [1.54, 1.807) is 0 Å². The normalized spacial score (nSPS) is 11.1. The van der Waals surface area contributed by atoms with Gasteiger partial charge in [0.05, 0.1) is 13.2 Å². The maximum atomic E-state index is 5.99. The maximum absolute atomic E-state index is 5.99. The van der Waals surface area contributed by atoms with Crippen LogP contribution < -0.4 is 10.1 Å². The number of hydrogen-bond acceptors (Lipinski definition) is 3. The Morgan fingerprint density at radius 1 is 1.28 bits per heavy atom. The molecule has 1 N–H and O–H groups in total. The van der Waals surface area contributed by atoms with Crippen LogP contribution in [0.25, 0.3) is 11.0 Å². The molecule has 1 aromatic carbocycles. The van der Waals surface area contributed by atoms with Gasteiger partial charge in [-0.15, -0.1) is 0 Å². The van der Waals surface area contributed by atoms with Gasteiger partial charge < -0.3 is 14.5 Å². The number of furan rings is 1. The van der Waals surface area contributed by atoms with Crippen molar-refractivity contribution >= 4 is 11.0 Å². The summed E-state index contributed by atoms with van der Waals surface area (Å²) in [6.45, 7) is 5.59. The Morgan fingerprint density at radius 2 is 2.11 bits per heavy atom. The number of ether oxygens (including phenoxy) is 1. The Bertz CT molecular complexity index is 516. The zero-order valence-electron chi connectivity index (χ0n) is 11.4. The molecule has 0 atom stereocenters. The second-order valence-corrected chi connectivity index (χ2v) is 4.35. The Morgan fingerprint density at radius 3 is 2.78 bits per heavy atom. The summed E-state index contributed by atoms with van der Waals surface area (Å²) in [5.41, 5.74) is 2.19. The monoisotopic (exact) mass is 247 g/mol. The molecule has 0 spiro atoms. The summed E-state index contributed by atoms with van der Waals surface area (Å²) in [7, 11) is 1.94. The molecule has 0 radical (unpaired) electrons. The zero-order chi connectivity index (χ0) is 13.0. The predicted molar refractivity (Wildman–Crippen MR) is 74.1 cm³/mol. The lowest BCUT2D eigenvalue weighted by Crippen LogP contribution is -2.05. The van der Waals surface area contributed by atoms with Crippen LogP contribution in [0.15, 0.2) is 22.6 Å². The first-order valence-electron chi connectivity index (χ1n) is 6.62. The van der Waals surface area contributed by atoms with Gasteiger partial charge in [-0.1, -0.05) is 25.5 Å². The van der Waals surface area contributed by atoms with E-state index in [-0.39, 0.29) is 0 Å². The summed E-state index contributed by atoms with van der Waals surface area (Å²) in [5, 5.41) is 4.35. The number of rotatable bonds is 6. The Kier molecular flexibility index (Phi) is 4.26. The fourth-order valence-corrected chi connectivity index (χ4v) is 2.29. The Balaban J connectivity index is 2.55. The van der Waals surface area contributed by atoms with Gasteiger partial charge in [0.1, 0.15) is 5.76 Å². The van der Waals surface area contributed by atoms with Crippen LogP contribution in [0.4, 0.5) is 0 Å². The number of nitrogens with one attached hydrogen (secondary N) is 1. The quantitative estimate of drug-likeness (QED) is 0.848. The number of hydrogen-bond donors (Lipinski definition) is 1. The van der Waals surface area contributed by atoms with Gasteiger partial charge in [0.25, 0.3) is 0 Å². The lowest BCUT2D eigenvalue weighted by atomic mass is 10.1. The molecule has 1 heterocycles. The molecule has 18 heavy (non-hydrogen) atoms. The molecule has 2 rings (SSSR count). The van der Waals surface area contributed by atoms with Crippen LogP contribution in [-0.2, 0) is 13.0 Å². The maximum Gasteiger partial charge on any atom is 0.176 e. The summed E-state index contributed by atoms with van der Waals surface area (Å²) in [4.78, 5) is 0. The van der Waals surface area contributed by atoms with E-state index < -0.39 is 0 Å². The molecule has 0 saturated carbocycles. The molecule has 0 aliphatic carbocycles. The molecule has 0 amide bonds. The van der Waals surface area contributed by atoms with Crippen LogP contribution in [0.5, 0.6) is 5.75 Å². The third-order valence-electron chi connectivity index (χ3n) is 3.00. The van der Waals surface area contributed by atoms with Crippen molar-refractivity contribution in [3.8, 4) is 5.75 Å². The van der Waals surface area contributed by atoms with E-state index in [1.165, 1.54) is 10.9 Å². The summed E-state index contributed by atoms with van der Waals surface area (Å²) >= 11 is 0. The fraction of sp³-hybridized carbons (Fsp3) is 0.467. The minimum Gasteiger partial charge on any atom is -0.490 e. The van der Waals surface area contributed by atoms with E-state index >= 15 is 0 Å². The molecule has 3 heteroatoms. The largest absolute Gasteiger partial charge is 0.490 e. The summed E-state index contributed by atoms with van der Waals surface area (Å²) in [6.07, 6.45) is 2.16. The van der Waals surface area contributed by atoms with Gasteiger partial charge in [0.15, 0.2) is 11.3 Å². The molecule has 0 bridgehead atoms. The highest BCUT2D eigenvalue weighted by molar-refractivity contribution is 5.87. The van der Waals surface area contributed by atoms with Crippen LogP contribution >= 0.6 is 0 Å². The lowest BCUT2D eigenvalue weighted by Gasteiger charge is -2.02. The Labute approximate surface area is 108 Å². The first kappa shape index (κ1) is 13.0. The molecule has 0 aliphatic heterocycles. The Hall–Kier alpha value is -1.48. The topological polar surface area (TPSA) is 34.4 Å². The minimum absolute atomic E-state index is 0.657. The molecule has 0 unspecified atom stereocenters. The van der Waals surface area contributed by atoms with E-state index in [2.05, 4.69) is 18.3 Å². The van der Waals surface area contributed by atoms with Crippen molar-refractivity contribution in [1.82, 2.24) is 5.32 Å². The smallest absolute Gasteiger partial charge is 0.176 e. The van der Waals surface area contributed by atoms with Gasteiger partial charge in [-0.25, -0.2) is 0 Å². The van der Waals surface area contributed by atoms with E-state index in [1.807, 2.05) is 26.1 Å². The van der Waals surface area contributed by atoms with E-state index in [0.717, 1.165) is 36.5 Å². The minimum atomic E-state index is 0.657. The molecule has 0 aliphatic rings. The molecule has 1 aromatic heterocycles. The summed E-state index contributed by atoms with van der Waals surface area (Å²) in [5.74, 6) is 1.87. The van der Waals surface area contributed by atoms with Crippen molar-refractivity contribution in [2.24, 2.45) is 0 Å². The number of aryl methyl sites for hydroxylation is 1. The standard InChI is InChI=1S/C15H21NO2/c1-4-7-11-12-8-6-9-13(17-5-2)15(12)18-14(11)10-16-3/h6,8-9,16H,4-5,7,10H2,1-3H3. The molecule has 98 valence electrons. The first-order chi connectivity index (χ1) is 8.81. The summed E-state index contributed by atoms with van der Waals surface area (Å²) < 4.78 is 11.6. The van der Waals surface area contributed by atoms with Crippen molar-refractivity contribution < 1.29 is 9.15 Å². The zero-order valence-corrected chi connectivity index (χ0v) is 11.4. The average molecular weight is 247 g/mol. The highest BCUT2D eigenvalue weighted by Gasteiger charge is 2.15. The van der Waals surface area contributed by atoms with Crippen LogP contribution in [0.3, 0.4) is 0 Å². The fourth-order valence-electron chi connectivity index (χ4n) is 2.29. The highest BCUT2D eigenvalue weighted by atomic mass is 16.5. The van der Waals surface area contributed by atoms with Crippen LogP contribution in [0.1, 0.15) is 31.6 Å². The molecule has 0 saturated heterocycles. The average Bonchev–Trinajstić information content (AvgIpc) is 2.71. The molecule has 3 nitrogen and oxygen atoms in total. The van der Waals surface area contributed by atoms with Crippen molar-refractivity contribution in [2.45, 2.75) is 33.2 Å². The third-order valence-corrected chi connectivity index (χ3v) is 3.00. The van der Waals surface area contributed by atoms with Gasteiger partial charge in [0.2, 0.25) is 0 Å². The van der Waals surface area contributed by atoms with Crippen LogP contribution in [-0.4, -0.2) is 13.7 Å².